The Hall–Kier alpha value is -1.69. The lowest BCUT2D eigenvalue weighted by Crippen LogP contribution is -2.45. The minimum Gasteiger partial charge on any atom is -0.380 e. The van der Waals surface area contributed by atoms with Crippen molar-refractivity contribution < 1.29 is 4.74 Å². The molecule has 2 aromatic heterocycles. The largest absolute Gasteiger partial charge is 0.380 e. The molecule has 0 radical (unpaired) electrons. The molecule has 4 rings (SSSR count). The lowest BCUT2D eigenvalue weighted by Gasteiger charge is -2.46. The normalized spacial score (nSPS) is 22.7. The highest BCUT2D eigenvalue weighted by Crippen LogP contribution is 2.45. The van der Waals surface area contributed by atoms with Gasteiger partial charge < -0.3 is 9.72 Å². The number of nitrogens with zero attached hydrogens (tertiary/aromatic N) is 3. The minimum atomic E-state index is -0.0682. The van der Waals surface area contributed by atoms with Crippen molar-refractivity contribution in [3.8, 4) is 0 Å². The summed E-state index contributed by atoms with van der Waals surface area (Å²) in [4.78, 5) is 23.1. The van der Waals surface area contributed by atoms with Gasteiger partial charge in [0.15, 0.2) is 5.65 Å². The predicted molar refractivity (Wildman–Crippen MR) is 68.9 cm³/mol. The fourth-order valence-electron chi connectivity index (χ4n) is 3.37. The van der Waals surface area contributed by atoms with Gasteiger partial charge in [0.1, 0.15) is 11.8 Å². The van der Waals surface area contributed by atoms with E-state index in [1.807, 2.05) is 4.57 Å². The maximum Gasteiger partial charge on any atom is 0.327 e. The van der Waals surface area contributed by atoms with E-state index in [0.717, 1.165) is 50.1 Å². The second kappa shape index (κ2) is 3.90. The summed E-state index contributed by atoms with van der Waals surface area (Å²) in [6, 6.07) is 0.252. The van der Waals surface area contributed by atoms with Crippen molar-refractivity contribution in [2.75, 3.05) is 13.2 Å². The van der Waals surface area contributed by atoms with Gasteiger partial charge in [0.2, 0.25) is 0 Å². The molecule has 0 aromatic carbocycles. The fourth-order valence-corrected chi connectivity index (χ4v) is 3.37. The van der Waals surface area contributed by atoms with E-state index >= 15 is 0 Å². The number of nitrogens with one attached hydrogen (secondary N) is 1. The highest BCUT2D eigenvalue weighted by molar-refractivity contribution is 5.68. The SMILES string of the molecule is O=c1[nH]c2cncnc2n1C1CCC2(CC1)COC2. The van der Waals surface area contributed by atoms with Crippen LogP contribution in [0.1, 0.15) is 31.7 Å². The summed E-state index contributed by atoms with van der Waals surface area (Å²) in [6.07, 6.45) is 7.49. The summed E-state index contributed by atoms with van der Waals surface area (Å²) in [5.41, 5.74) is 1.79. The highest BCUT2D eigenvalue weighted by atomic mass is 16.5. The fraction of sp³-hybridized carbons (Fsp3) is 0.615. The molecule has 1 saturated heterocycles. The Morgan fingerprint density at radius 3 is 2.84 bits per heavy atom. The molecule has 1 aliphatic carbocycles. The summed E-state index contributed by atoms with van der Waals surface area (Å²) in [6.45, 7) is 1.79. The Morgan fingerprint density at radius 1 is 1.37 bits per heavy atom. The second-order valence-electron chi connectivity index (χ2n) is 5.78. The van der Waals surface area contributed by atoms with Crippen LogP contribution < -0.4 is 5.69 Å². The molecule has 6 heteroatoms. The Balaban J connectivity index is 1.68. The van der Waals surface area contributed by atoms with Gasteiger partial charge in [-0.3, -0.25) is 4.57 Å². The molecule has 6 nitrogen and oxygen atoms in total. The van der Waals surface area contributed by atoms with Crippen molar-refractivity contribution in [2.45, 2.75) is 31.7 Å². The molecule has 0 amide bonds. The lowest BCUT2D eigenvalue weighted by molar-refractivity contribution is -0.135. The first-order valence-electron chi connectivity index (χ1n) is 6.75. The Morgan fingerprint density at radius 2 is 2.16 bits per heavy atom. The third-order valence-corrected chi connectivity index (χ3v) is 4.58. The molecule has 2 aromatic rings. The van der Waals surface area contributed by atoms with Gasteiger partial charge in [0.05, 0.1) is 19.4 Å². The molecule has 1 saturated carbocycles. The summed E-state index contributed by atoms with van der Waals surface area (Å²) >= 11 is 0. The van der Waals surface area contributed by atoms with Crippen LogP contribution in [0.4, 0.5) is 0 Å². The Kier molecular flexibility index (Phi) is 2.29. The zero-order valence-corrected chi connectivity index (χ0v) is 10.6. The Labute approximate surface area is 109 Å². The third kappa shape index (κ3) is 1.63. The van der Waals surface area contributed by atoms with Crippen molar-refractivity contribution in [3.05, 3.63) is 23.0 Å². The number of hydrogen-bond acceptors (Lipinski definition) is 4. The van der Waals surface area contributed by atoms with E-state index < -0.39 is 0 Å². The molecule has 3 heterocycles. The number of rotatable bonds is 1. The highest BCUT2D eigenvalue weighted by Gasteiger charge is 2.42. The third-order valence-electron chi connectivity index (χ3n) is 4.58. The van der Waals surface area contributed by atoms with Gasteiger partial charge in [-0.2, -0.15) is 0 Å². The molecule has 2 fully saturated rings. The first-order chi connectivity index (χ1) is 9.27. The topological polar surface area (TPSA) is 72.8 Å². The second-order valence-corrected chi connectivity index (χ2v) is 5.78. The smallest absolute Gasteiger partial charge is 0.327 e. The molecule has 100 valence electrons. The van der Waals surface area contributed by atoms with Crippen molar-refractivity contribution in [2.24, 2.45) is 5.41 Å². The summed E-state index contributed by atoms with van der Waals surface area (Å²) < 4.78 is 7.15. The number of aromatic nitrogens is 4. The van der Waals surface area contributed by atoms with Crippen molar-refractivity contribution in [1.29, 1.82) is 0 Å². The van der Waals surface area contributed by atoms with Crippen molar-refractivity contribution >= 4 is 11.2 Å². The van der Waals surface area contributed by atoms with Crippen LogP contribution in [0, 0.1) is 5.41 Å². The standard InChI is InChI=1S/C13H16N4O2/c18-12-16-10-5-14-8-15-11(10)17(12)9-1-3-13(4-2-9)6-19-7-13/h5,8-9H,1-4,6-7H2,(H,16,18). The average molecular weight is 260 g/mol. The summed E-state index contributed by atoms with van der Waals surface area (Å²) in [5, 5.41) is 0. The zero-order valence-electron chi connectivity index (χ0n) is 10.6. The van der Waals surface area contributed by atoms with E-state index in [4.69, 9.17) is 4.74 Å². The lowest BCUT2D eigenvalue weighted by atomic mass is 9.71. The number of H-pyrrole nitrogens is 1. The van der Waals surface area contributed by atoms with Crippen LogP contribution in [0.5, 0.6) is 0 Å². The average Bonchev–Trinajstić information content (AvgIpc) is 2.73. The first kappa shape index (κ1) is 11.2. The monoisotopic (exact) mass is 260 g/mol. The van der Waals surface area contributed by atoms with Crippen molar-refractivity contribution in [3.63, 3.8) is 0 Å². The van der Waals surface area contributed by atoms with Gasteiger partial charge in [-0.25, -0.2) is 14.8 Å². The Bertz CT molecular complexity index is 661. The number of fused-ring (bicyclic) bond motifs is 1. The van der Waals surface area contributed by atoms with Crippen LogP contribution in [-0.2, 0) is 4.74 Å². The molecule has 0 bridgehead atoms. The van der Waals surface area contributed by atoms with E-state index in [1.165, 1.54) is 6.33 Å². The van der Waals surface area contributed by atoms with E-state index in [0.29, 0.717) is 5.41 Å². The van der Waals surface area contributed by atoms with Crippen LogP contribution in [0.15, 0.2) is 17.3 Å². The number of hydrogen-bond donors (Lipinski definition) is 1. The summed E-state index contributed by atoms with van der Waals surface area (Å²) in [7, 11) is 0. The molecule has 19 heavy (non-hydrogen) atoms. The van der Waals surface area contributed by atoms with Crippen LogP contribution in [0.25, 0.3) is 11.2 Å². The summed E-state index contributed by atoms with van der Waals surface area (Å²) in [5.74, 6) is 0. The predicted octanol–water partition coefficient (Wildman–Crippen LogP) is 1.25. The molecule has 0 atom stereocenters. The van der Waals surface area contributed by atoms with Crippen LogP contribution in [-0.4, -0.2) is 32.7 Å². The maximum atomic E-state index is 12.1. The molecular formula is C13H16N4O2. The van der Waals surface area contributed by atoms with E-state index in [2.05, 4.69) is 15.0 Å². The molecule has 1 N–H and O–H groups in total. The quantitative estimate of drug-likeness (QED) is 0.837. The van der Waals surface area contributed by atoms with Crippen LogP contribution in [0.3, 0.4) is 0 Å². The van der Waals surface area contributed by atoms with Gasteiger partial charge in [-0.15, -0.1) is 0 Å². The molecule has 2 aliphatic rings. The number of ether oxygens (including phenoxy) is 1. The molecule has 0 unspecified atom stereocenters. The van der Waals surface area contributed by atoms with Gasteiger partial charge in [-0.05, 0) is 25.7 Å². The molecule has 1 spiro atoms. The van der Waals surface area contributed by atoms with E-state index in [-0.39, 0.29) is 11.7 Å². The van der Waals surface area contributed by atoms with Crippen LogP contribution >= 0.6 is 0 Å². The number of imidazole rings is 1. The van der Waals surface area contributed by atoms with Gasteiger partial charge in [0.25, 0.3) is 0 Å². The van der Waals surface area contributed by atoms with E-state index in [9.17, 15) is 4.79 Å². The minimum absolute atomic E-state index is 0.0682. The van der Waals surface area contributed by atoms with Gasteiger partial charge in [-0.1, -0.05) is 0 Å². The van der Waals surface area contributed by atoms with Crippen LogP contribution in [0.2, 0.25) is 0 Å². The maximum absolute atomic E-state index is 12.1. The van der Waals surface area contributed by atoms with Crippen molar-refractivity contribution in [1.82, 2.24) is 19.5 Å². The van der Waals surface area contributed by atoms with E-state index in [1.54, 1.807) is 6.20 Å². The molecule has 1 aliphatic heterocycles. The van der Waals surface area contributed by atoms with Gasteiger partial charge >= 0.3 is 5.69 Å². The zero-order chi connectivity index (χ0) is 12.9. The first-order valence-corrected chi connectivity index (χ1v) is 6.75. The molecular weight excluding hydrogens is 244 g/mol. The number of aromatic amines is 1. The van der Waals surface area contributed by atoms with Gasteiger partial charge in [0, 0.05) is 11.5 Å².